The number of hydrogen-bond donors (Lipinski definition) is 1. The van der Waals surface area contributed by atoms with E-state index < -0.39 is 17.7 Å². The molecule has 0 saturated carbocycles. The molecule has 1 amide bonds. The topological polar surface area (TPSA) is 85.3 Å². The van der Waals surface area contributed by atoms with Gasteiger partial charge in [-0.15, -0.1) is 0 Å². The molecule has 3 rings (SSSR count). The standard InChI is InChI=1S/C25H29NO6/c1-5-13-32-18-9-7-17(8-10-18)22-21(24(28)25(29)26(22)12-14-30-3)23(27)19-15-16(2)6-11-20(19)31-4/h6-11,15,22,27H,5,12-14H2,1-4H3/b23-21+. The van der Waals surface area contributed by atoms with Crippen LogP contribution in [0.3, 0.4) is 0 Å². The van der Waals surface area contributed by atoms with E-state index in [0.29, 0.717) is 29.2 Å². The van der Waals surface area contributed by atoms with Gasteiger partial charge in [-0.05, 0) is 43.2 Å². The van der Waals surface area contributed by atoms with Crippen LogP contribution in [-0.4, -0.2) is 55.7 Å². The number of aliphatic hydroxyl groups is 1. The van der Waals surface area contributed by atoms with E-state index in [9.17, 15) is 14.7 Å². The monoisotopic (exact) mass is 439 g/mol. The second kappa shape index (κ2) is 10.3. The summed E-state index contributed by atoms with van der Waals surface area (Å²) in [6.45, 7) is 4.96. The molecule has 7 nitrogen and oxygen atoms in total. The molecule has 1 saturated heterocycles. The van der Waals surface area contributed by atoms with Crippen molar-refractivity contribution >= 4 is 17.4 Å². The van der Waals surface area contributed by atoms with E-state index in [1.807, 2.05) is 32.0 Å². The van der Waals surface area contributed by atoms with Crippen molar-refractivity contribution in [2.75, 3.05) is 34.0 Å². The maximum absolute atomic E-state index is 13.1. The highest BCUT2D eigenvalue weighted by Gasteiger charge is 2.46. The minimum atomic E-state index is -0.754. The normalized spacial score (nSPS) is 17.6. The number of ether oxygens (including phenoxy) is 3. The quantitative estimate of drug-likeness (QED) is 0.363. The summed E-state index contributed by atoms with van der Waals surface area (Å²) in [7, 11) is 3.02. The number of aliphatic hydroxyl groups excluding tert-OH is 1. The molecule has 0 spiro atoms. The van der Waals surface area contributed by atoms with Crippen molar-refractivity contribution in [3.8, 4) is 11.5 Å². The number of carbonyl (C=O) groups is 2. The van der Waals surface area contributed by atoms with Crippen LogP contribution in [0.15, 0.2) is 48.0 Å². The minimum Gasteiger partial charge on any atom is -0.507 e. The Hall–Kier alpha value is -3.32. The van der Waals surface area contributed by atoms with Gasteiger partial charge in [-0.2, -0.15) is 0 Å². The predicted octanol–water partition coefficient (Wildman–Crippen LogP) is 3.86. The third-order valence-electron chi connectivity index (χ3n) is 5.36. The lowest BCUT2D eigenvalue weighted by Gasteiger charge is -2.25. The number of hydrogen-bond acceptors (Lipinski definition) is 6. The molecule has 7 heteroatoms. The number of nitrogens with zero attached hydrogens (tertiary/aromatic N) is 1. The SMILES string of the molecule is CCCOc1ccc(C2/C(=C(\O)c3cc(C)ccc3OC)C(=O)C(=O)N2CCOC)cc1. The lowest BCUT2D eigenvalue weighted by molar-refractivity contribution is -0.140. The van der Waals surface area contributed by atoms with Crippen LogP contribution in [0.2, 0.25) is 0 Å². The van der Waals surface area contributed by atoms with Gasteiger partial charge in [-0.25, -0.2) is 0 Å². The van der Waals surface area contributed by atoms with E-state index in [2.05, 4.69) is 0 Å². The summed E-state index contributed by atoms with van der Waals surface area (Å²) < 4.78 is 16.2. The average Bonchev–Trinajstić information content (AvgIpc) is 3.06. The van der Waals surface area contributed by atoms with Gasteiger partial charge in [-0.1, -0.05) is 30.7 Å². The molecule has 1 heterocycles. The molecule has 1 fully saturated rings. The maximum Gasteiger partial charge on any atom is 0.295 e. The Morgan fingerprint density at radius 3 is 2.41 bits per heavy atom. The Labute approximate surface area is 188 Å². The first-order valence-corrected chi connectivity index (χ1v) is 10.6. The van der Waals surface area contributed by atoms with Crippen molar-refractivity contribution in [3.05, 3.63) is 64.7 Å². The summed E-state index contributed by atoms with van der Waals surface area (Å²) in [6, 6.07) is 11.8. The molecule has 1 aliphatic heterocycles. The number of aryl methyl sites for hydroxylation is 1. The first-order chi connectivity index (χ1) is 15.4. The van der Waals surface area contributed by atoms with Crippen molar-refractivity contribution < 1.29 is 28.9 Å². The molecule has 1 atom stereocenters. The number of rotatable bonds is 9. The molecule has 1 N–H and O–H groups in total. The number of amides is 1. The first-order valence-electron chi connectivity index (χ1n) is 10.6. The van der Waals surface area contributed by atoms with Gasteiger partial charge >= 0.3 is 0 Å². The smallest absolute Gasteiger partial charge is 0.295 e. The lowest BCUT2D eigenvalue weighted by Crippen LogP contribution is -2.32. The summed E-state index contributed by atoms with van der Waals surface area (Å²) in [4.78, 5) is 27.4. The van der Waals surface area contributed by atoms with Crippen molar-refractivity contribution in [2.45, 2.75) is 26.3 Å². The van der Waals surface area contributed by atoms with Crippen LogP contribution in [0.4, 0.5) is 0 Å². The molecular weight excluding hydrogens is 410 g/mol. The molecular formula is C25H29NO6. The van der Waals surface area contributed by atoms with Gasteiger partial charge in [-0.3, -0.25) is 9.59 Å². The number of Topliss-reactive ketones (excluding diaryl/α,β-unsaturated/α-hetero) is 1. The number of likely N-dealkylation sites (tertiary alicyclic amines) is 1. The van der Waals surface area contributed by atoms with Gasteiger partial charge in [0.05, 0.1) is 37.5 Å². The van der Waals surface area contributed by atoms with Crippen LogP contribution in [0.5, 0.6) is 11.5 Å². The Morgan fingerprint density at radius 2 is 1.78 bits per heavy atom. The second-order valence-corrected chi connectivity index (χ2v) is 7.61. The van der Waals surface area contributed by atoms with E-state index in [0.717, 1.165) is 12.0 Å². The summed E-state index contributed by atoms with van der Waals surface area (Å²) >= 11 is 0. The van der Waals surface area contributed by atoms with Gasteiger partial charge in [0.1, 0.15) is 17.3 Å². The largest absolute Gasteiger partial charge is 0.507 e. The highest BCUT2D eigenvalue weighted by molar-refractivity contribution is 6.46. The third-order valence-corrected chi connectivity index (χ3v) is 5.36. The molecule has 0 aliphatic carbocycles. The fourth-order valence-corrected chi connectivity index (χ4v) is 3.77. The summed E-state index contributed by atoms with van der Waals surface area (Å²) in [6.07, 6.45) is 0.886. The van der Waals surface area contributed by atoms with Crippen LogP contribution in [0.25, 0.3) is 5.76 Å². The van der Waals surface area contributed by atoms with Crippen molar-refractivity contribution in [1.29, 1.82) is 0 Å². The summed E-state index contributed by atoms with van der Waals surface area (Å²) in [5.74, 6) is -0.562. The predicted molar refractivity (Wildman–Crippen MR) is 121 cm³/mol. The van der Waals surface area contributed by atoms with Crippen molar-refractivity contribution in [1.82, 2.24) is 4.90 Å². The Morgan fingerprint density at radius 1 is 1.06 bits per heavy atom. The van der Waals surface area contributed by atoms with E-state index in [-0.39, 0.29) is 24.5 Å². The molecule has 170 valence electrons. The molecule has 2 aromatic rings. The van der Waals surface area contributed by atoms with Gasteiger partial charge in [0.2, 0.25) is 0 Å². The Kier molecular flexibility index (Phi) is 7.53. The van der Waals surface area contributed by atoms with E-state index in [4.69, 9.17) is 14.2 Å². The van der Waals surface area contributed by atoms with Crippen LogP contribution in [0, 0.1) is 6.92 Å². The van der Waals surface area contributed by atoms with E-state index >= 15 is 0 Å². The molecule has 2 aromatic carbocycles. The zero-order chi connectivity index (χ0) is 23.3. The fraction of sp³-hybridized carbons (Fsp3) is 0.360. The Balaban J connectivity index is 2.14. The van der Waals surface area contributed by atoms with Crippen molar-refractivity contribution in [3.63, 3.8) is 0 Å². The summed E-state index contributed by atoms with van der Waals surface area (Å²) in [5.41, 5.74) is 1.97. The van der Waals surface area contributed by atoms with E-state index in [1.165, 1.54) is 19.1 Å². The molecule has 0 bridgehead atoms. The van der Waals surface area contributed by atoms with E-state index in [1.54, 1.807) is 24.3 Å². The molecule has 1 unspecified atom stereocenters. The van der Waals surface area contributed by atoms with Crippen LogP contribution >= 0.6 is 0 Å². The first kappa shape index (κ1) is 23.3. The van der Waals surface area contributed by atoms with Gasteiger partial charge in [0, 0.05) is 13.7 Å². The molecule has 0 aromatic heterocycles. The van der Waals surface area contributed by atoms with Gasteiger partial charge in [0.25, 0.3) is 11.7 Å². The fourth-order valence-electron chi connectivity index (χ4n) is 3.77. The number of benzene rings is 2. The van der Waals surface area contributed by atoms with Crippen LogP contribution in [0.1, 0.15) is 36.1 Å². The average molecular weight is 440 g/mol. The minimum absolute atomic E-state index is 0.0252. The zero-order valence-corrected chi connectivity index (χ0v) is 18.9. The molecule has 0 radical (unpaired) electrons. The third kappa shape index (κ3) is 4.62. The highest BCUT2D eigenvalue weighted by atomic mass is 16.5. The maximum atomic E-state index is 13.1. The van der Waals surface area contributed by atoms with Crippen LogP contribution < -0.4 is 9.47 Å². The number of methoxy groups -OCH3 is 2. The van der Waals surface area contributed by atoms with Crippen LogP contribution in [-0.2, 0) is 14.3 Å². The number of carbonyl (C=O) groups excluding carboxylic acids is 2. The summed E-state index contributed by atoms with van der Waals surface area (Å²) in [5, 5.41) is 11.2. The van der Waals surface area contributed by atoms with Crippen molar-refractivity contribution in [2.24, 2.45) is 0 Å². The highest BCUT2D eigenvalue weighted by Crippen LogP contribution is 2.41. The zero-order valence-electron chi connectivity index (χ0n) is 18.9. The molecule has 32 heavy (non-hydrogen) atoms. The molecule has 1 aliphatic rings. The van der Waals surface area contributed by atoms with Gasteiger partial charge in [0.15, 0.2) is 0 Å². The van der Waals surface area contributed by atoms with Gasteiger partial charge < -0.3 is 24.2 Å². The number of ketones is 1. The Bertz CT molecular complexity index is 1010. The second-order valence-electron chi connectivity index (χ2n) is 7.61. The lowest BCUT2D eigenvalue weighted by atomic mass is 9.94.